The Hall–Kier alpha value is -2.01. The Morgan fingerprint density at radius 3 is 1.52 bits per heavy atom. The van der Waals surface area contributed by atoms with E-state index in [2.05, 4.69) is 19.1 Å². The third kappa shape index (κ3) is 6.49. The minimum absolute atomic E-state index is 0.182. The molecule has 6 nitrogen and oxygen atoms in total. The van der Waals surface area contributed by atoms with Crippen LogP contribution in [0.2, 0.25) is 0 Å². The fourth-order valence-corrected chi connectivity index (χ4v) is 6.29. The van der Waals surface area contributed by atoms with Crippen LogP contribution in [0.25, 0.3) is 0 Å². The van der Waals surface area contributed by atoms with E-state index in [0.717, 1.165) is 63.7 Å². The molecule has 0 heterocycles. The zero-order chi connectivity index (χ0) is 22.8. The predicted molar refractivity (Wildman–Crippen MR) is 126 cm³/mol. The lowest BCUT2D eigenvalue weighted by Crippen LogP contribution is -2.22. The molecule has 0 amide bonds. The average molecular weight is 451 g/mol. The number of hydrogen-bond donors (Lipinski definition) is 0. The molecule has 7 heteroatoms. The summed E-state index contributed by atoms with van der Waals surface area (Å²) in [6.45, 7) is 6.63. The van der Waals surface area contributed by atoms with Gasteiger partial charge in [0.05, 0.1) is 14.2 Å². The number of aryl methyl sites for hydroxylation is 2. The Labute approximate surface area is 187 Å². The minimum atomic E-state index is -0.829. The lowest BCUT2D eigenvalue weighted by Gasteiger charge is -2.26. The summed E-state index contributed by atoms with van der Waals surface area (Å²) in [6, 6.07) is 8.13. The van der Waals surface area contributed by atoms with Gasteiger partial charge in [0.2, 0.25) is 0 Å². The number of benzene rings is 2. The van der Waals surface area contributed by atoms with Gasteiger partial charge in [-0.25, -0.2) is 0 Å². The van der Waals surface area contributed by atoms with Gasteiger partial charge in [-0.05, 0) is 69.7 Å². The second kappa shape index (κ2) is 12.7. The number of ether oxygens (including phenoxy) is 6. The molecule has 2 rings (SSSR count). The van der Waals surface area contributed by atoms with E-state index in [4.69, 9.17) is 28.4 Å². The van der Waals surface area contributed by atoms with E-state index in [9.17, 15) is 0 Å². The summed E-state index contributed by atoms with van der Waals surface area (Å²) in [7, 11) is 5.79. The maximum Gasteiger partial charge on any atom is 0.188 e. The van der Waals surface area contributed by atoms with Crippen LogP contribution in [0.4, 0.5) is 0 Å². The lowest BCUT2D eigenvalue weighted by molar-refractivity contribution is 0.0513. The van der Waals surface area contributed by atoms with Crippen molar-refractivity contribution in [1.29, 1.82) is 0 Å². The molecule has 2 aromatic carbocycles. The molecular weight excluding hydrogens is 415 g/mol. The van der Waals surface area contributed by atoms with Gasteiger partial charge in [0.15, 0.2) is 13.6 Å². The molecule has 172 valence electrons. The predicted octanol–water partition coefficient (Wildman–Crippen LogP) is 4.52. The van der Waals surface area contributed by atoms with Crippen LogP contribution < -0.4 is 29.6 Å². The topological polar surface area (TPSA) is 55.4 Å². The smallest absolute Gasteiger partial charge is 0.188 e. The highest BCUT2D eigenvalue weighted by atomic mass is 31.1. The molecule has 31 heavy (non-hydrogen) atoms. The van der Waals surface area contributed by atoms with Crippen LogP contribution in [-0.4, -0.2) is 48.2 Å². The number of unbranched alkanes of at least 4 members (excludes halogenated alkanes) is 1. The van der Waals surface area contributed by atoms with Crippen LogP contribution in [-0.2, 0) is 9.47 Å². The molecule has 0 aliphatic heterocycles. The number of methoxy groups -OCH3 is 4. The molecule has 2 aromatic rings. The second-order valence-electron chi connectivity index (χ2n) is 7.19. The van der Waals surface area contributed by atoms with Crippen LogP contribution in [0.5, 0.6) is 23.0 Å². The van der Waals surface area contributed by atoms with Crippen LogP contribution in [0.3, 0.4) is 0 Å². The van der Waals surface area contributed by atoms with Crippen molar-refractivity contribution in [3.8, 4) is 23.0 Å². The molecular formula is C24H35O6P. The first-order valence-electron chi connectivity index (χ1n) is 10.4. The molecule has 0 aliphatic carbocycles. The Morgan fingerprint density at radius 2 is 1.16 bits per heavy atom. The zero-order valence-corrected chi connectivity index (χ0v) is 20.6. The third-order valence-corrected chi connectivity index (χ3v) is 7.48. The molecule has 0 spiro atoms. The largest absolute Gasteiger partial charge is 0.497 e. The summed E-state index contributed by atoms with van der Waals surface area (Å²) < 4.78 is 33.7. The molecule has 0 unspecified atom stereocenters. The fourth-order valence-electron chi connectivity index (χ4n) is 3.38. The summed E-state index contributed by atoms with van der Waals surface area (Å²) >= 11 is 0. The van der Waals surface area contributed by atoms with Crippen LogP contribution in [0.1, 0.15) is 30.9 Å². The van der Waals surface area contributed by atoms with Crippen molar-refractivity contribution in [2.45, 2.75) is 33.6 Å². The first-order valence-corrected chi connectivity index (χ1v) is 11.9. The molecule has 0 bridgehead atoms. The molecule has 0 N–H and O–H groups in total. The van der Waals surface area contributed by atoms with E-state index in [-0.39, 0.29) is 13.6 Å². The average Bonchev–Trinajstić information content (AvgIpc) is 2.77. The van der Waals surface area contributed by atoms with E-state index in [0.29, 0.717) is 0 Å². The van der Waals surface area contributed by atoms with Gasteiger partial charge in [0.1, 0.15) is 23.0 Å². The highest BCUT2D eigenvalue weighted by molar-refractivity contribution is 7.73. The van der Waals surface area contributed by atoms with Crippen molar-refractivity contribution >= 4 is 18.5 Å². The Bertz CT molecular complexity index is 774. The fraction of sp³-hybridized carbons (Fsp3) is 0.500. The van der Waals surface area contributed by atoms with Gasteiger partial charge in [-0.2, -0.15) is 0 Å². The lowest BCUT2D eigenvalue weighted by atomic mass is 10.2. The first kappa shape index (κ1) is 25.3. The van der Waals surface area contributed by atoms with Gasteiger partial charge < -0.3 is 28.4 Å². The van der Waals surface area contributed by atoms with Gasteiger partial charge in [0.25, 0.3) is 0 Å². The molecule has 0 saturated heterocycles. The summed E-state index contributed by atoms with van der Waals surface area (Å²) in [5.74, 6) is 3.28. The van der Waals surface area contributed by atoms with E-state index >= 15 is 0 Å². The normalized spacial score (nSPS) is 11.0. The summed E-state index contributed by atoms with van der Waals surface area (Å²) in [5.41, 5.74) is 2.02. The van der Waals surface area contributed by atoms with Crippen molar-refractivity contribution in [2.75, 3.05) is 48.2 Å². The number of rotatable bonds is 13. The van der Waals surface area contributed by atoms with Crippen molar-refractivity contribution in [3.05, 3.63) is 35.4 Å². The number of hydrogen-bond acceptors (Lipinski definition) is 6. The van der Waals surface area contributed by atoms with E-state index in [1.54, 1.807) is 28.4 Å². The maximum atomic E-state index is 6.05. The monoisotopic (exact) mass is 450 g/mol. The summed E-state index contributed by atoms with van der Waals surface area (Å²) in [5, 5.41) is 2.21. The van der Waals surface area contributed by atoms with Gasteiger partial charge in [-0.1, -0.05) is 13.3 Å². The van der Waals surface area contributed by atoms with Crippen LogP contribution in [0, 0.1) is 13.8 Å². The quantitative estimate of drug-likeness (QED) is 0.330. The van der Waals surface area contributed by atoms with Crippen molar-refractivity contribution < 1.29 is 28.4 Å². The first-order chi connectivity index (χ1) is 15.0. The van der Waals surface area contributed by atoms with E-state index in [1.807, 2.05) is 26.0 Å². The third-order valence-electron chi connectivity index (χ3n) is 4.89. The Morgan fingerprint density at radius 1 is 0.710 bits per heavy atom. The molecule has 0 fully saturated rings. The van der Waals surface area contributed by atoms with Gasteiger partial charge >= 0.3 is 0 Å². The zero-order valence-electron chi connectivity index (χ0n) is 19.7. The Balaban J connectivity index is 2.74. The molecule has 0 aliphatic rings. The molecule has 0 aromatic heterocycles. The van der Waals surface area contributed by atoms with Crippen LogP contribution >= 0.6 is 7.92 Å². The van der Waals surface area contributed by atoms with Gasteiger partial charge in [-0.3, -0.25) is 0 Å². The van der Waals surface area contributed by atoms with Crippen molar-refractivity contribution in [2.24, 2.45) is 0 Å². The van der Waals surface area contributed by atoms with E-state index in [1.165, 1.54) is 0 Å². The van der Waals surface area contributed by atoms with Crippen molar-refractivity contribution in [1.82, 2.24) is 0 Å². The molecule has 0 saturated carbocycles. The molecule has 0 radical (unpaired) electrons. The maximum absolute atomic E-state index is 6.05. The van der Waals surface area contributed by atoms with Crippen LogP contribution in [0.15, 0.2) is 24.3 Å². The van der Waals surface area contributed by atoms with Gasteiger partial charge in [-0.15, -0.1) is 0 Å². The summed E-state index contributed by atoms with van der Waals surface area (Å²) in [4.78, 5) is 0. The highest BCUT2D eigenvalue weighted by Crippen LogP contribution is 2.45. The Kier molecular flexibility index (Phi) is 10.4. The second-order valence-corrected chi connectivity index (χ2v) is 9.46. The molecule has 0 atom stereocenters. The summed E-state index contributed by atoms with van der Waals surface area (Å²) in [6.07, 6.45) is 3.15. The minimum Gasteiger partial charge on any atom is -0.497 e. The van der Waals surface area contributed by atoms with Gasteiger partial charge in [0, 0.05) is 24.8 Å². The van der Waals surface area contributed by atoms with E-state index < -0.39 is 7.92 Å². The standard InChI is InChI=1S/C24H35O6P/c1-8-9-10-31(21-13-19(27-6)11-17(2)23(21)29-15-25-4)22-14-20(28-7)12-18(3)24(22)30-16-26-5/h11-14H,8-10,15-16H2,1-7H3. The SMILES string of the molecule is CCCCP(c1cc(OC)cc(C)c1OCOC)c1cc(OC)cc(C)c1OCOC. The highest BCUT2D eigenvalue weighted by Gasteiger charge is 2.26. The van der Waals surface area contributed by atoms with Crippen molar-refractivity contribution in [3.63, 3.8) is 0 Å².